The number of aliphatic imine (C=N–C) groups is 1. The molecular weight excluding hydrogens is 366 g/mol. The molecule has 4 atom stereocenters. The molecule has 164 valence electrons. The van der Waals surface area contributed by atoms with Crippen LogP contribution in [-0.4, -0.2) is 71.5 Å². The number of unbranched alkanes of at least 4 members (excludes halogenated alkanes) is 6. The molecule has 0 saturated carbocycles. The van der Waals surface area contributed by atoms with E-state index in [2.05, 4.69) is 35.9 Å². The highest BCUT2D eigenvalue weighted by Crippen LogP contribution is 2.29. The molecule has 29 heavy (non-hydrogen) atoms. The number of piperidine rings is 1. The second kappa shape index (κ2) is 9.81. The fraction of sp³-hybridized carbons (Fsp3) is 0.864. The lowest BCUT2D eigenvalue weighted by Crippen LogP contribution is -2.64. The van der Waals surface area contributed by atoms with Crippen LogP contribution in [0.1, 0.15) is 72.1 Å². The Bertz CT molecular complexity index is 612. The summed E-state index contributed by atoms with van der Waals surface area (Å²) in [5.74, 6) is 1.93. The van der Waals surface area contributed by atoms with E-state index >= 15 is 0 Å². The summed E-state index contributed by atoms with van der Waals surface area (Å²) in [6.07, 6.45) is 9.49. The number of urea groups is 1. The Morgan fingerprint density at radius 3 is 2.28 bits per heavy atom. The van der Waals surface area contributed by atoms with Gasteiger partial charge >= 0.3 is 6.03 Å². The predicted octanol–water partition coefficient (Wildman–Crippen LogP) is 3.26. The van der Waals surface area contributed by atoms with E-state index in [1.165, 1.54) is 44.9 Å². The van der Waals surface area contributed by atoms with Crippen LogP contribution in [0.15, 0.2) is 4.99 Å². The van der Waals surface area contributed by atoms with Crippen molar-refractivity contribution in [2.45, 2.75) is 84.3 Å². The molecule has 0 spiro atoms. The molecule has 3 aliphatic rings. The molecule has 3 amide bonds. The summed E-state index contributed by atoms with van der Waals surface area (Å²) in [6, 6.07) is -0.752. The second-order valence-electron chi connectivity index (χ2n) is 9.36. The van der Waals surface area contributed by atoms with Crippen LogP contribution in [0.4, 0.5) is 4.79 Å². The minimum Gasteiger partial charge on any atom is -0.342 e. The highest BCUT2D eigenvalue weighted by Gasteiger charge is 2.49. The molecule has 2 saturated heterocycles. The third-order valence-corrected chi connectivity index (χ3v) is 6.49. The number of imide groups is 1. The van der Waals surface area contributed by atoms with Crippen molar-refractivity contribution in [1.82, 2.24) is 20.0 Å². The summed E-state index contributed by atoms with van der Waals surface area (Å²) in [4.78, 5) is 35.9. The molecule has 0 aliphatic carbocycles. The van der Waals surface area contributed by atoms with Gasteiger partial charge in [-0.25, -0.2) is 9.79 Å². The smallest absolute Gasteiger partial charge is 0.325 e. The van der Waals surface area contributed by atoms with E-state index < -0.39 is 12.2 Å². The van der Waals surface area contributed by atoms with Crippen molar-refractivity contribution in [3.63, 3.8) is 0 Å². The van der Waals surface area contributed by atoms with Gasteiger partial charge < -0.3 is 14.7 Å². The van der Waals surface area contributed by atoms with Gasteiger partial charge in [-0.2, -0.15) is 0 Å². The van der Waals surface area contributed by atoms with Gasteiger partial charge in [0.15, 0.2) is 18.2 Å². The molecule has 0 radical (unpaired) electrons. The van der Waals surface area contributed by atoms with E-state index in [0.717, 1.165) is 32.0 Å². The Morgan fingerprint density at radius 1 is 1.00 bits per heavy atom. The first kappa shape index (κ1) is 21.9. The van der Waals surface area contributed by atoms with Crippen LogP contribution in [0.2, 0.25) is 0 Å². The molecule has 0 aromatic rings. The molecule has 3 rings (SSSR count). The van der Waals surface area contributed by atoms with E-state index in [9.17, 15) is 9.59 Å². The monoisotopic (exact) mass is 405 g/mol. The van der Waals surface area contributed by atoms with Crippen LogP contribution in [0, 0.1) is 11.8 Å². The van der Waals surface area contributed by atoms with Crippen LogP contribution in [0.3, 0.4) is 0 Å². The number of carbonyl (C=O) groups excluding carboxylic acids is 2. The maximum atomic E-state index is 12.7. The number of rotatable bonds is 8. The Balaban J connectivity index is 1.69. The summed E-state index contributed by atoms with van der Waals surface area (Å²) >= 11 is 0. The standard InChI is InChI=1S/C22H39N5O2/c1-5-6-7-8-9-10-11-12-27-18-19(25(4)22(29)24-20(18)28)23-21(27)26-14-16(2)13-17(3)15-26/h16-19H,5-15H2,1-4H3,(H,24,28,29). The predicted molar refractivity (Wildman–Crippen MR) is 116 cm³/mol. The first-order valence-electron chi connectivity index (χ1n) is 11.6. The van der Waals surface area contributed by atoms with Gasteiger partial charge in [0.25, 0.3) is 5.91 Å². The highest BCUT2D eigenvalue weighted by atomic mass is 16.2. The van der Waals surface area contributed by atoms with Gasteiger partial charge in [0.05, 0.1) is 0 Å². The number of nitrogens with zero attached hydrogens (tertiary/aromatic N) is 4. The lowest BCUT2D eigenvalue weighted by Gasteiger charge is -2.41. The summed E-state index contributed by atoms with van der Waals surface area (Å²) in [6.45, 7) is 9.57. The number of fused-ring (bicyclic) bond motifs is 1. The first-order chi connectivity index (χ1) is 13.9. The SMILES string of the molecule is CCCCCCCCCN1C(N2CC(C)CC(C)C2)=NC2C1C(=O)NC(=O)N2C. The fourth-order valence-electron chi connectivity index (χ4n) is 5.08. The van der Waals surface area contributed by atoms with E-state index in [4.69, 9.17) is 4.99 Å². The Morgan fingerprint density at radius 2 is 1.62 bits per heavy atom. The van der Waals surface area contributed by atoms with Crippen molar-refractivity contribution >= 4 is 17.9 Å². The van der Waals surface area contributed by atoms with Crippen LogP contribution >= 0.6 is 0 Å². The quantitative estimate of drug-likeness (QED) is 0.630. The van der Waals surface area contributed by atoms with Crippen molar-refractivity contribution in [1.29, 1.82) is 0 Å². The van der Waals surface area contributed by atoms with Gasteiger partial charge in [-0.05, 0) is 24.7 Å². The molecule has 3 heterocycles. The van der Waals surface area contributed by atoms with Gasteiger partial charge in [-0.1, -0.05) is 59.3 Å². The molecular formula is C22H39N5O2. The van der Waals surface area contributed by atoms with Crippen molar-refractivity contribution in [3.05, 3.63) is 0 Å². The number of guanidine groups is 1. The number of likely N-dealkylation sites (N-methyl/N-ethyl adjacent to an activating group) is 1. The summed E-state index contributed by atoms with van der Waals surface area (Å²) in [5.41, 5.74) is 0. The first-order valence-corrected chi connectivity index (χ1v) is 11.6. The normalized spacial score (nSPS) is 29.8. The number of amides is 3. The summed E-state index contributed by atoms with van der Waals surface area (Å²) in [7, 11) is 1.74. The zero-order valence-electron chi connectivity index (χ0n) is 18.7. The molecule has 0 aromatic carbocycles. The molecule has 0 bridgehead atoms. The van der Waals surface area contributed by atoms with Crippen molar-refractivity contribution in [2.24, 2.45) is 16.8 Å². The van der Waals surface area contributed by atoms with Crippen molar-refractivity contribution in [3.8, 4) is 0 Å². The zero-order chi connectivity index (χ0) is 21.0. The fourth-order valence-corrected chi connectivity index (χ4v) is 5.08. The number of hydrogen-bond acceptors (Lipinski definition) is 5. The molecule has 4 unspecified atom stereocenters. The number of hydrogen-bond donors (Lipinski definition) is 1. The Kier molecular flexibility index (Phi) is 7.41. The van der Waals surface area contributed by atoms with Gasteiger partial charge in [0.1, 0.15) is 0 Å². The highest BCUT2D eigenvalue weighted by molar-refractivity contribution is 6.03. The van der Waals surface area contributed by atoms with Crippen LogP contribution in [0.5, 0.6) is 0 Å². The van der Waals surface area contributed by atoms with Crippen LogP contribution in [-0.2, 0) is 4.79 Å². The average molecular weight is 406 g/mol. The Hall–Kier alpha value is -1.79. The van der Waals surface area contributed by atoms with Crippen LogP contribution < -0.4 is 5.32 Å². The van der Waals surface area contributed by atoms with Crippen molar-refractivity contribution in [2.75, 3.05) is 26.7 Å². The zero-order valence-corrected chi connectivity index (χ0v) is 18.7. The number of likely N-dealkylation sites (tertiary alicyclic amines) is 1. The maximum Gasteiger partial charge on any atom is 0.325 e. The van der Waals surface area contributed by atoms with E-state index in [1.54, 1.807) is 11.9 Å². The molecule has 1 N–H and O–H groups in total. The molecule has 0 aromatic heterocycles. The van der Waals surface area contributed by atoms with E-state index in [-0.39, 0.29) is 11.9 Å². The van der Waals surface area contributed by atoms with Gasteiger partial charge in [-0.15, -0.1) is 0 Å². The topological polar surface area (TPSA) is 68.2 Å². The number of nitrogens with one attached hydrogen (secondary N) is 1. The van der Waals surface area contributed by atoms with Gasteiger partial charge in [0, 0.05) is 26.7 Å². The minimum absolute atomic E-state index is 0.210. The Labute approximate surface area is 175 Å². The van der Waals surface area contributed by atoms with Gasteiger partial charge in [0.2, 0.25) is 0 Å². The largest absolute Gasteiger partial charge is 0.342 e. The summed E-state index contributed by atoms with van der Waals surface area (Å²) < 4.78 is 0. The van der Waals surface area contributed by atoms with Crippen LogP contribution in [0.25, 0.3) is 0 Å². The molecule has 2 fully saturated rings. The van der Waals surface area contributed by atoms with Gasteiger partial charge in [-0.3, -0.25) is 10.1 Å². The molecule has 7 nitrogen and oxygen atoms in total. The average Bonchev–Trinajstić information content (AvgIpc) is 3.05. The molecule has 3 aliphatic heterocycles. The van der Waals surface area contributed by atoms with E-state index in [1.807, 2.05) is 0 Å². The van der Waals surface area contributed by atoms with Crippen molar-refractivity contribution < 1.29 is 9.59 Å². The third kappa shape index (κ3) is 5.04. The maximum absolute atomic E-state index is 12.7. The lowest BCUT2D eigenvalue weighted by atomic mass is 9.92. The third-order valence-electron chi connectivity index (χ3n) is 6.49. The molecule has 7 heteroatoms. The second-order valence-corrected chi connectivity index (χ2v) is 9.36. The number of carbonyl (C=O) groups is 2. The summed E-state index contributed by atoms with van der Waals surface area (Å²) in [5, 5.41) is 2.51. The van der Waals surface area contributed by atoms with E-state index in [0.29, 0.717) is 11.8 Å². The minimum atomic E-state index is -0.414. The lowest BCUT2D eigenvalue weighted by molar-refractivity contribution is -0.127.